The monoisotopic (exact) mass is 607 g/mol. The molecule has 3 aromatic rings. The number of alkyl halides is 2. The number of hydrogen-bond donors (Lipinski definition) is 2. The third-order valence-corrected chi connectivity index (χ3v) is 9.91. The van der Waals surface area contributed by atoms with Crippen LogP contribution in [0.25, 0.3) is 10.9 Å². The largest absolute Gasteiger partial charge is 0.498 e. The molecule has 5 nitrogen and oxygen atoms in total. The summed E-state index contributed by atoms with van der Waals surface area (Å²) in [5.41, 5.74) is 6.98. The van der Waals surface area contributed by atoms with Gasteiger partial charge in [-0.15, -0.1) is 0 Å². The summed E-state index contributed by atoms with van der Waals surface area (Å²) in [7, 11) is 0. The van der Waals surface area contributed by atoms with Crippen molar-refractivity contribution in [1.82, 2.24) is 15.2 Å². The number of amides is 1. The van der Waals surface area contributed by atoms with Gasteiger partial charge in [0.25, 0.3) is 11.8 Å². The molecule has 0 spiro atoms. The summed E-state index contributed by atoms with van der Waals surface area (Å²) in [6.07, 6.45) is 12.6. The van der Waals surface area contributed by atoms with Gasteiger partial charge in [0.05, 0.1) is 12.4 Å². The standard InChI is InChI=1S/C37H47F2N3O2.2H2/c1-3-37(38,39)29-11-6-26(7-12-29)4-5-27-8-15-32-33-22-28(10-17-35(33)41-34(32)16-9-27)36(43)40-30-18-20-42(21-19-30)23-25(2)24-44-31-13-14-31;;/h6-7,10-12,17,22,24,27,30-31,41H,3-5,8-9,13-16,18-21,23H2,1-2H3,(H,40,43);2*1H/b25-24+;;. The second-order valence-corrected chi connectivity index (χ2v) is 13.4. The number of hydrogen-bond acceptors (Lipinski definition) is 3. The number of benzene rings is 2. The number of aryl methyl sites for hydroxylation is 3. The third kappa shape index (κ3) is 7.53. The number of nitrogens with one attached hydrogen (secondary N) is 2. The Hall–Kier alpha value is -3.19. The van der Waals surface area contributed by atoms with Crippen LogP contribution in [0.1, 0.15) is 101 Å². The Morgan fingerprint density at radius 1 is 1.07 bits per heavy atom. The fourth-order valence-electron chi connectivity index (χ4n) is 6.87. The summed E-state index contributed by atoms with van der Waals surface area (Å²) in [6.45, 7) is 6.54. The van der Waals surface area contributed by atoms with Crippen LogP contribution in [0.3, 0.4) is 0 Å². The molecule has 6 rings (SSSR count). The van der Waals surface area contributed by atoms with E-state index >= 15 is 0 Å². The maximum Gasteiger partial charge on any atom is 0.273 e. The van der Waals surface area contributed by atoms with Gasteiger partial charge in [-0.1, -0.05) is 31.2 Å². The summed E-state index contributed by atoms with van der Waals surface area (Å²) in [5, 5.41) is 4.48. The maximum atomic E-state index is 14.0. The van der Waals surface area contributed by atoms with E-state index in [1.807, 2.05) is 24.5 Å². The Labute approximate surface area is 263 Å². The van der Waals surface area contributed by atoms with E-state index in [-0.39, 0.29) is 26.8 Å². The average Bonchev–Trinajstić information content (AvgIpc) is 3.83. The van der Waals surface area contributed by atoms with Crippen LogP contribution in [0.15, 0.2) is 54.3 Å². The van der Waals surface area contributed by atoms with Gasteiger partial charge in [0.1, 0.15) is 0 Å². The molecule has 1 aromatic heterocycles. The molecule has 7 heteroatoms. The van der Waals surface area contributed by atoms with Crippen LogP contribution < -0.4 is 5.32 Å². The lowest BCUT2D eigenvalue weighted by Gasteiger charge is -2.32. The number of halogens is 2. The van der Waals surface area contributed by atoms with Gasteiger partial charge in [-0.05, 0) is 112 Å². The van der Waals surface area contributed by atoms with E-state index in [4.69, 9.17) is 4.74 Å². The van der Waals surface area contributed by atoms with Gasteiger partial charge in [-0.25, -0.2) is 8.78 Å². The Morgan fingerprint density at radius 3 is 2.55 bits per heavy atom. The molecule has 2 aromatic carbocycles. The van der Waals surface area contributed by atoms with Crippen LogP contribution in [0, 0.1) is 5.92 Å². The van der Waals surface area contributed by atoms with Crippen LogP contribution in [-0.2, 0) is 29.9 Å². The van der Waals surface area contributed by atoms with Crippen molar-refractivity contribution in [2.45, 2.75) is 103 Å². The quantitative estimate of drug-likeness (QED) is 0.170. The smallest absolute Gasteiger partial charge is 0.273 e. The van der Waals surface area contributed by atoms with Gasteiger partial charge in [0.15, 0.2) is 0 Å². The first kappa shape index (κ1) is 30.8. The zero-order valence-electron chi connectivity index (χ0n) is 26.3. The van der Waals surface area contributed by atoms with Crippen LogP contribution in [0.2, 0.25) is 0 Å². The van der Waals surface area contributed by atoms with Crippen molar-refractivity contribution in [2.75, 3.05) is 19.6 Å². The topological polar surface area (TPSA) is 57.4 Å². The zero-order chi connectivity index (χ0) is 30.7. The summed E-state index contributed by atoms with van der Waals surface area (Å²) < 4.78 is 33.7. The molecule has 1 aliphatic heterocycles. The van der Waals surface area contributed by atoms with Crippen molar-refractivity contribution in [3.05, 3.63) is 82.2 Å². The molecule has 0 radical (unpaired) electrons. The highest BCUT2D eigenvalue weighted by Gasteiger charge is 2.29. The van der Waals surface area contributed by atoms with Crippen molar-refractivity contribution in [1.29, 1.82) is 0 Å². The first-order chi connectivity index (χ1) is 21.3. The fourth-order valence-corrected chi connectivity index (χ4v) is 6.87. The van der Waals surface area contributed by atoms with Gasteiger partial charge in [0, 0.05) is 62.7 Å². The van der Waals surface area contributed by atoms with E-state index in [9.17, 15) is 13.6 Å². The van der Waals surface area contributed by atoms with Crippen molar-refractivity contribution >= 4 is 16.8 Å². The molecule has 44 heavy (non-hydrogen) atoms. The first-order valence-electron chi connectivity index (χ1n) is 16.7. The Kier molecular flexibility index (Phi) is 9.41. The third-order valence-electron chi connectivity index (χ3n) is 9.91. The van der Waals surface area contributed by atoms with E-state index in [1.54, 1.807) is 12.1 Å². The highest BCUT2D eigenvalue weighted by Crippen LogP contribution is 2.34. The number of nitrogens with zero attached hydrogens (tertiary/aromatic N) is 1. The lowest BCUT2D eigenvalue weighted by atomic mass is 9.91. The molecule has 0 bridgehead atoms. The number of ether oxygens (including phenoxy) is 1. The molecule has 3 aliphatic rings. The highest BCUT2D eigenvalue weighted by molar-refractivity contribution is 5.99. The molecule has 2 fully saturated rings. The number of aromatic nitrogens is 1. The minimum Gasteiger partial charge on any atom is -0.498 e. The fraction of sp³-hybridized carbons (Fsp3) is 0.541. The second-order valence-electron chi connectivity index (χ2n) is 13.4. The first-order valence-corrected chi connectivity index (χ1v) is 16.7. The number of likely N-dealkylation sites (tertiary alicyclic amines) is 1. The minimum absolute atomic E-state index is 0. The molecule has 240 valence electrons. The van der Waals surface area contributed by atoms with Crippen LogP contribution >= 0.6 is 0 Å². The molecule has 1 atom stereocenters. The minimum atomic E-state index is -2.75. The number of carbonyl (C=O) groups is 1. The van der Waals surface area contributed by atoms with E-state index in [2.05, 4.69) is 34.3 Å². The number of carbonyl (C=O) groups excluding carboxylic acids is 1. The maximum absolute atomic E-state index is 14.0. The van der Waals surface area contributed by atoms with E-state index in [0.717, 1.165) is 87.6 Å². The molecule has 1 unspecified atom stereocenters. The van der Waals surface area contributed by atoms with Gasteiger partial charge in [0.2, 0.25) is 0 Å². The molecule has 1 saturated heterocycles. The Morgan fingerprint density at radius 2 is 1.82 bits per heavy atom. The van der Waals surface area contributed by atoms with Gasteiger partial charge >= 0.3 is 0 Å². The summed E-state index contributed by atoms with van der Waals surface area (Å²) in [6, 6.07) is 13.2. The number of H-pyrrole nitrogens is 1. The molecule has 1 amide bonds. The van der Waals surface area contributed by atoms with Crippen molar-refractivity contribution in [2.24, 2.45) is 5.92 Å². The molecular weight excluding hydrogens is 556 g/mol. The van der Waals surface area contributed by atoms with E-state index < -0.39 is 5.92 Å². The van der Waals surface area contributed by atoms with Crippen molar-refractivity contribution in [3.63, 3.8) is 0 Å². The van der Waals surface area contributed by atoms with Crippen molar-refractivity contribution in [3.8, 4) is 0 Å². The predicted molar refractivity (Wildman–Crippen MR) is 176 cm³/mol. The molecule has 2 heterocycles. The Bertz CT molecular complexity index is 1480. The number of aromatic amines is 1. The van der Waals surface area contributed by atoms with E-state index in [0.29, 0.717) is 12.0 Å². The van der Waals surface area contributed by atoms with Gasteiger partial charge < -0.3 is 15.0 Å². The SMILES string of the molecule is CCC(F)(F)c1ccc(CCC2CCc3[nH]c4ccc(C(=O)NC5CCN(C/C(C)=C/OC6CC6)CC5)cc4c3CC2)cc1.[HH].[HH]. The summed E-state index contributed by atoms with van der Waals surface area (Å²) >= 11 is 0. The Balaban J connectivity index is 0.00000240. The van der Waals surface area contributed by atoms with Crippen LogP contribution in [0.5, 0.6) is 0 Å². The number of rotatable bonds is 11. The van der Waals surface area contributed by atoms with Crippen molar-refractivity contribution < 1.29 is 21.2 Å². The highest BCUT2D eigenvalue weighted by atomic mass is 19.3. The molecule has 2 N–H and O–H groups in total. The predicted octanol–water partition coefficient (Wildman–Crippen LogP) is 8.57. The van der Waals surface area contributed by atoms with E-state index in [1.165, 1.54) is 42.0 Å². The lowest BCUT2D eigenvalue weighted by Crippen LogP contribution is -2.45. The zero-order valence-corrected chi connectivity index (χ0v) is 26.3. The van der Waals surface area contributed by atoms with Gasteiger partial charge in [-0.3, -0.25) is 9.69 Å². The van der Waals surface area contributed by atoms with Crippen LogP contribution in [0.4, 0.5) is 8.78 Å². The summed E-state index contributed by atoms with van der Waals surface area (Å²) in [4.78, 5) is 19.4. The second kappa shape index (κ2) is 13.4. The van der Waals surface area contributed by atoms with Gasteiger partial charge in [-0.2, -0.15) is 0 Å². The number of piperidine rings is 1. The molecule has 2 aliphatic carbocycles. The molecule has 1 saturated carbocycles. The molecular formula is C37H51F2N3O2. The number of fused-ring (bicyclic) bond motifs is 3. The average molecular weight is 608 g/mol. The summed E-state index contributed by atoms with van der Waals surface area (Å²) in [5.74, 6) is -2.15. The lowest BCUT2D eigenvalue weighted by molar-refractivity contribution is -0.00830. The van der Waals surface area contributed by atoms with Crippen LogP contribution in [-0.4, -0.2) is 47.6 Å². The normalized spacial score (nSPS) is 20.4.